The van der Waals surface area contributed by atoms with Gasteiger partial charge in [-0.25, -0.2) is 9.37 Å². The van der Waals surface area contributed by atoms with E-state index in [1.807, 2.05) is 0 Å². The minimum atomic E-state index is -1.26. The summed E-state index contributed by atoms with van der Waals surface area (Å²) in [5.74, 6) is -3.03. The van der Waals surface area contributed by atoms with Crippen molar-refractivity contribution in [3.05, 3.63) is 41.7 Å². The highest BCUT2D eigenvalue weighted by molar-refractivity contribution is 5.94. The summed E-state index contributed by atoms with van der Waals surface area (Å²) in [6.45, 7) is 7.92. The Hall–Kier alpha value is -1.78. The maximum atomic E-state index is 13.4. The summed E-state index contributed by atoms with van der Waals surface area (Å²) >= 11 is 0. The number of hydrogen-bond donors (Lipinski definition) is 0. The molecule has 0 spiro atoms. The molecule has 0 aliphatic carbocycles. The molecule has 3 nitrogen and oxygen atoms in total. The third kappa shape index (κ3) is 3.09. The van der Waals surface area contributed by atoms with Crippen LogP contribution >= 0.6 is 0 Å². The van der Waals surface area contributed by atoms with E-state index in [-0.39, 0.29) is 5.56 Å². The molecule has 1 aromatic heterocycles. The van der Waals surface area contributed by atoms with Gasteiger partial charge < -0.3 is 4.90 Å². The highest BCUT2D eigenvalue weighted by Crippen LogP contribution is 2.12. The SMILES string of the molecule is C=C(C)CN(CC)C(=O)c1ccnc(F)c1F. The number of likely N-dealkylation sites (N-methyl/N-ethyl adjacent to an activating group) is 1. The average molecular weight is 240 g/mol. The summed E-state index contributed by atoms with van der Waals surface area (Å²) in [6.07, 6.45) is 1.07. The van der Waals surface area contributed by atoms with Gasteiger partial charge in [0.1, 0.15) is 0 Å². The molecule has 0 fully saturated rings. The molecule has 17 heavy (non-hydrogen) atoms. The number of rotatable bonds is 4. The predicted molar refractivity (Wildman–Crippen MR) is 60.5 cm³/mol. The largest absolute Gasteiger partial charge is 0.335 e. The van der Waals surface area contributed by atoms with Gasteiger partial charge in [0.25, 0.3) is 5.91 Å². The Labute approximate surface area is 98.8 Å². The minimum Gasteiger partial charge on any atom is -0.335 e. The van der Waals surface area contributed by atoms with E-state index in [1.54, 1.807) is 13.8 Å². The molecule has 0 saturated carbocycles. The first-order chi connectivity index (χ1) is 7.97. The predicted octanol–water partition coefficient (Wildman–Crippen LogP) is 2.40. The Morgan fingerprint density at radius 2 is 2.18 bits per heavy atom. The van der Waals surface area contributed by atoms with Crippen LogP contribution in [0.4, 0.5) is 8.78 Å². The standard InChI is InChI=1S/C12H14F2N2O/c1-4-16(7-8(2)3)12(17)9-5-6-15-11(14)10(9)13/h5-6H,2,4,7H2,1,3H3. The average Bonchev–Trinajstić information content (AvgIpc) is 2.28. The van der Waals surface area contributed by atoms with E-state index in [0.29, 0.717) is 13.1 Å². The van der Waals surface area contributed by atoms with Crippen molar-refractivity contribution >= 4 is 5.91 Å². The molecule has 0 N–H and O–H groups in total. The number of carbonyl (C=O) groups excluding carboxylic acids is 1. The lowest BCUT2D eigenvalue weighted by molar-refractivity contribution is 0.0772. The van der Waals surface area contributed by atoms with E-state index in [9.17, 15) is 13.6 Å². The fraction of sp³-hybridized carbons (Fsp3) is 0.333. The first-order valence-electron chi connectivity index (χ1n) is 5.21. The lowest BCUT2D eigenvalue weighted by Crippen LogP contribution is -2.33. The number of aromatic nitrogens is 1. The van der Waals surface area contributed by atoms with Crippen molar-refractivity contribution in [1.29, 1.82) is 0 Å². The van der Waals surface area contributed by atoms with Gasteiger partial charge >= 0.3 is 0 Å². The monoisotopic (exact) mass is 240 g/mol. The topological polar surface area (TPSA) is 33.2 Å². The molecule has 0 unspecified atom stereocenters. The molecule has 92 valence electrons. The molecule has 5 heteroatoms. The number of halogens is 2. The van der Waals surface area contributed by atoms with Gasteiger partial charge in [-0.05, 0) is 19.9 Å². The van der Waals surface area contributed by atoms with Gasteiger partial charge in [0.05, 0.1) is 5.56 Å². The van der Waals surface area contributed by atoms with Crippen LogP contribution in [0.3, 0.4) is 0 Å². The second-order valence-corrected chi connectivity index (χ2v) is 3.74. The third-order valence-corrected chi connectivity index (χ3v) is 2.21. The Morgan fingerprint density at radius 1 is 1.53 bits per heavy atom. The first kappa shape index (κ1) is 13.3. The summed E-state index contributed by atoms with van der Waals surface area (Å²) in [4.78, 5) is 16.5. The zero-order valence-corrected chi connectivity index (χ0v) is 9.83. The molecular weight excluding hydrogens is 226 g/mol. The maximum Gasteiger partial charge on any atom is 0.257 e. The fourth-order valence-electron chi connectivity index (χ4n) is 1.41. The molecule has 1 rings (SSSR count). The molecule has 0 saturated heterocycles. The first-order valence-corrected chi connectivity index (χ1v) is 5.21. The van der Waals surface area contributed by atoms with Crippen LogP contribution in [-0.4, -0.2) is 28.9 Å². The highest BCUT2D eigenvalue weighted by atomic mass is 19.2. The lowest BCUT2D eigenvalue weighted by atomic mass is 10.2. The van der Waals surface area contributed by atoms with Crippen LogP contribution in [0.2, 0.25) is 0 Å². The summed E-state index contributed by atoms with van der Waals surface area (Å²) in [5.41, 5.74) is 0.468. The van der Waals surface area contributed by atoms with E-state index < -0.39 is 17.7 Å². The quantitative estimate of drug-likeness (QED) is 0.598. The Kier molecular flexibility index (Phi) is 4.31. The molecule has 0 atom stereocenters. The number of hydrogen-bond acceptors (Lipinski definition) is 2. The van der Waals surface area contributed by atoms with Crippen LogP contribution in [-0.2, 0) is 0 Å². The van der Waals surface area contributed by atoms with Gasteiger partial charge in [0, 0.05) is 19.3 Å². The number of pyridine rings is 1. The molecule has 0 bridgehead atoms. The summed E-state index contributed by atoms with van der Waals surface area (Å²) < 4.78 is 26.3. The Morgan fingerprint density at radius 3 is 2.71 bits per heavy atom. The lowest BCUT2D eigenvalue weighted by Gasteiger charge is -2.21. The number of nitrogens with zero attached hydrogens (tertiary/aromatic N) is 2. The minimum absolute atomic E-state index is 0.305. The Bertz CT molecular complexity index is 446. The molecule has 1 heterocycles. The van der Waals surface area contributed by atoms with Gasteiger partial charge in [-0.15, -0.1) is 0 Å². The van der Waals surface area contributed by atoms with Gasteiger partial charge in [-0.2, -0.15) is 4.39 Å². The van der Waals surface area contributed by atoms with E-state index >= 15 is 0 Å². The maximum absolute atomic E-state index is 13.4. The molecule has 0 radical (unpaired) electrons. The second-order valence-electron chi connectivity index (χ2n) is 3.74. The van der Waals surface area contributed by atoms with Crippen molar-refractivity contribution in [2.24, 2.45) is 0 Å². The molecule has 1 amide bonds. The molecule has 0 aliphatic rings. The van der Waals surface area contributed by atoms with Crippen LogP contribution in [0.15, 0.2) is 24.4 Å². The van der Waals surface area contributed by atoms with Crippen molar-refractivity contribution in [3.63, 3.8) is 0 Å². The van der Waals surface area contributed by atoms with Gasteiger partial charge in [0.15, 0.2) is 5.82 Å². The zero-order chi connectivity index (χ0) is 13.0. The van der Waals surface area contributed by atoms with E-state index in [1.165, 1.54) is 11.0 Å². The van der Waals surface area contributed by atoms with E-state index in [2.05, 4.69) is 11.6 Å². The third-order valence-electron chi connectivity index (χ3n) is 2.21. The Balaban J connectivity index is 3.02. The van der Waals surface area contributed by atoms with Crippen molar-refractivity contribution in [2.75, 3.05) is 13.1 Å². The van der Waals surface area contributed by atoms with Crippen molar-refractivity contribution in [1.82, 2.24) is 9.88 Å². The zero-order valence-electron chi connectivity index (χ0n) is 9.83. The van der Waals surface area contributed by atoms with Crippen molar-refractivity contribution in [3.8, 4) is 0 Å². The van der Waals surface area contributed by atoms with Gasteiger partial charge in [-0.3, -0.25) is 4.79 Å². The molecule has 0 aliphatic heterocycles. The summed E-state index contributed by atoms with van der Waals surface area (Å²) in [6, 6.07) is 1.17. The van der Waals surface area contributed by atoms with Crippen molar-refractivity contribution in [2.45, 2.75) is 13.8 Å². The molecule has 0 aromatic carbocycles. The normalized spacial score (nSPS) is 10.1. The van der Waals surface area contributed by atoms with Crippen LogP contribution in [0, 0.1) is 11.8 Å². The van der Waals surface area contributed by atoms with Gasteiger partial charge in [-0.1, -0.05) is 12.2 Å². The molecule has 1 aromatic rings. The van der Waals surface area contributed by atoms with E-state index in [0.717, 1.165) is 11.8 Å². The fourth-order valence-corrected chi connectivity index (χ4v) is 1.41. The number of amides is 1. The van der Waals surface area contributed by atoms with Crippen LogP contribution in [0.5, 0.6) is 0 Å². The second kappa shape index (κ2) is 5.52. The number of carbonyl (C=O) groups is 1. The van der Waals surface area contributed by atoms with Crippen LogP contribution < -0.4 is 0 Å². The van der Waals surface area contributed by atoms with Crippen LogP contribution in [0.1, 0.15) is 24.2 Å². The summed E-state index contributed by atoms with van der Waals surface area (Å²) in [5, 5.41) is 0. The van der Waals surface area contributed by atoms with Gasteiger partial charge in [0.2, 0.25) is 5.95 Å². The van der Waals surface area contributed by atoms with E-state index in [4.69, 9.17) is 0 Å². The van der Waals surface area contributed by atoms with Crippen LogP contribution in [0.25, 0.3) is 0 Å². The molecular formula is C12H14F2N2O. The highest BCUT2D eigenvalue weighted by Gasteiger charge is 2.20. The van der Waals surface area contributed by atoms with Crippen molar-refractivity contribution < 1.29 is 13.6 Å². The summed E-state index contributed by atoms with van der Waals surface area (Å²) in [7, 11) is 0. The smallest absolute Gasteiger partial charge is 0.257 e.